The van der Waals surface area contributed by atoms with Gasteiger partial charge < -0.3 is 9.90 Å². The fourth-order valence-electron chi connectivity index (χ4n) is 0.295. The van der Waals surface area contributed by atoms with Gasteiger partial charge in [-0.1, -0.05) is 0 Å². The van der Waals surface area contributed by atoms with Gasteiger partial charge in [0.25, 0.3) is 0 Å². The highest BCUT2D eigenvalue weighted by Gasteiger charge is 1.84. The van der Waals surface area contributed by atoms with Gasteiger partial charge in [-0.25, -0.2) is 0 Å². The highest BCUT2D eigenvalue weighted by molar-refractivity contribution is 5.64. The summed E-state index contributed by atoms with van der Waals surface area (Å²) in [7, 11) is 0. The Morgan fingerprint density at radius 2 is 2.00 bits per heavy atom. The van der Waals surface area contributed by atoms with Crippen LogP contribution in [-0.4, -0.2) is 20.9 Å². The van der Waals surface area contributed by atoms with Crippen molar-refractivity contribution in [3.05, 3.63) is 12.7 Å². The van der Waals surface area contributed by atoms with Crippen LogP contribution in [0.15, 0.2) is 12.7 Å². The van der Waals surface area contributed by atoms with Crippen molar-refractivity contribution < 1.29 is 9.90 Å². The smallest absolute Gasteiger partial charge is 0.148 e. The molecule has 0 atom stereocenters. The Kier molecular flexibility index (Phi) is 0.957. The SMILES string of the molecule is O=C([O-])n1cnnc1. The lowest BCUT2D eigenvalue weighted by atomic mass is 11.0. The van der Waals surface area contributed by atoms with Crippen LogP contribution in [0, 0.1) is 0 Å². The van der Waals surface area contributed by atoms with Crippen LogP contribution < -0.4 is 5.11 Å². The van der Waals surface area contributed by atoms with Gasteiger partial charge in [0.2, 0.25) is 0 Å². The first-order valence-corrected chi connectivity index (χ1v) is 1.86. The molecule has 42 valence electrons. The molecule has 1 aromatic rings. The topological polar surface area (TPSA) is 70.8 Å². The minimum Gasteiger partial charge on any atom is -0.529 e. The van der Waals surface area contributed by atoms with E-state index in [1.54, 1.807) is 0 Å². The van der Waals surface area contributed by atoms with E-state index in [-0.39, 0.29) is 0 Å². The van der Waals surface area contributed by atoms with Gasteiger partial charge in [-0.05, 0) is 0 Å². The first-order valence-electron chi connectivity index (χ1n) is 1.86. The molecule has 0 aliphatic rings. The van der Waals surface area contributed by atoms with Crippen molar-refractivity contribution in [1.29, 1.82) is 0 Å². The molecule has 1 heterocycles. The van der Waals surface area contributed by atoms with Gasteiger partial charge >= 0.3 is 0 Å². The van der Waals surface area contributed by atoms with Crippen LogP contribution in [0.2, 0.25) is 0 Å². The van der Waals surface area contributed by atoms with Crippen molar-refractivity contribution in [2.24, 2.45) is 0 Å². The second-order valence-corrected chi connectivity index (χ2v) is 1.14. The van der Waals surface area contributed by atoms with Crippen LogP contribution in [0.5, 0.6) is 0 Å². The maximum atomic E-state index is 9.83. The number of carbonyl (C=O) groups excluding carboxylic acids is 1. The second kappa shape index (κ2) is 1.61. The summed E-state index contributed by atoms with van der Waals surface area (Å²) in [4.78, 5) is 9.83. The monoisotopic (exact) mass is 112 g/mol. The first kappa shape index (κ1) is 4.76. The van der Waals surface area contributed by atoms with Crippen molar-refractivity contribution >= 4 is 6.09 Å². The zero-order valence-electron chi connectivity index (χ0n) is 3.81. The lowest BCUT2D eigenvalue weighted by Crippen LogP contribution is -2.27. The van der Waals surface area contributed by atoms with Gasteiger partial charge in [0, 0.05) is 0 Å². The lowest BCUT2D eigenvalue weighted by Gasteiger charge is -1.95. The second-order valence-electron chi connectivity index (χ2n) is 1.14. The number of aromatic nitrogens is 3. The maximum Gasteiger partial charge on any atom is 0.148 e. The molecule has 0 unspecified atom stereocenters. The third kappa shape index (κ3) is 0.651. The number of carboxylic acid groups (broad SMARTS) is 1. The largest absolute Gasteiger partial charge is 0.529 e. The van der Waals surface area contributed by atoms with Crippen molar-refractivity contribution in [2.45, 2.75) is 0 Å². The third-order valence-electron chi connectivity index (χ3n) is 0.630. The van der Waals surface area contributed by atoms with E-state index < -0.39 is 6.09 Å². The predicted molar refractivity (Wildman–Crippen MR) is 20.8 cm³/mol. The molecule has 0 bridgehead atoms. The minimum atomic E-state index is -1.32. The summed E-state index contributed by atoms with van der Waals surface area (Å²) in [6, 6.07) is 0. The Morgan fingerprint density at radius 3 is 2.25 bits per heavy atom. The Balaban J connectivity index is 2.93. The number of nitrogens with zero attached hydrogens (tertiary/aromatic N) is 3. The Hall–Kier alpha value is -1.39. The molecule has 0 aliphatic carbocycles. The summed E-state index contributed by atoms with van der Waals surface area (Å²) in [6.07, 6.45) is 0.778. The first-order chi connectivity index (χ1) is 3.80. The van der Waals surface area contributed by atoms with Crippen molar-refractivity contribution in [1.82, 2.24) is 14.8 Å². The van der Waals surface area contributed by atoms with Crippen LogP contribution in [0.3, 0.4) is 0 Å². The van der Waals surface area contributed by atoms with E-state index in [1.165, 1.54) is 0 Å². The van der Waals surface area contributed by atoms with Gasteiger partial charge in [-0.2, -0.15) is 0 Å². The molecule has 0 saturated heterocycles. The molecule has 0 N–H and O–H groups in total. The summed E-state index contributed by atoms with van der Waals surface area (Å²) in [6.45, 7) is 0. The fraction of sp³-hybridized carbons (Fsp3) is 0. The number of carbonyl (C=O) groups is 1. The van der Waals surface area contributed by atoms with E-state index in [0.29, 0.717) is 0 Å². The Morgan fingerprint density at radius 1 is 1.50 bits per heavy atom. The van der Waals surface area contributed by atoms with Gasteiger partial charge in [-0.3, -0.25) is 4.57 Å². The molecular weight excluding hydrogens is 110 g/mol. The molecule has 5 nitrogen and oxygen atoms in total. The Bertz CT molecular complexity index is 180. The standard InChI is InChI=1S/C3H3N3O2/c7-3(8)6-1-4-5-2-6/h1-2H,(H,7,8)/p-1. The summed E-state index contributed by atoms with van der Waals surface area (Å²) < 4.78 is 0.750. The summed E-state index contributed by atoms with van der Waals surface area (Å²) in [5.74, 6) is 0. The highest BCUT2D eigenvalue weighted by Crippen LogP contribution is 1.74. The molecule has 0 aromatic carbocycles. The zero-order valence-corrected chi connectivity index (χ0v) is 3.81. The molecule has 1 rings (SSSR count). The zero-order chi connectivity index (χ0) is 5.98. The van der Waals surface area contributed by atoms with Crippen LogP contribution in [0.4, 0.5) is 4.79 Å². The van der Waals surface area contributed by atoms with Crippen LogP contribution in [-0.2, 0) is 0 Å². The molecule has 0 spiro atoms. The highest BCUT2D eigenvalue weighted by atomic mass is 16.4. The average Bonchev–Trinajstić information content (AvgIpc) is 2.12. The van der Waals surface area contributed by atoms with E-state index in [2.05, 4.69) is 10.2 Å². The predicted octanol–water partition coefficient (Wildman–Crippen LogP) is -1.53. The quantitative estimate of drug-likeness (QED) is 0.408. The molecular formula is C3H2N3O2-. The number of hydrogen-bond donors (Lipinski definition) is 0. The summed E-state index contributed by atoms with van der Waals surface area (Å²) >= 11 is 0. The van der Waals surface area contributed by atoms with Gasteiger partial charge in [-0.15, -0.1) is 10.2 Å². The van der Waals surface area contributed by atoms with E-state index in [9.17, 15) is 9.90 Å². The molecule has 0 saturated carbocycles. The van der Waals surface area contributed by atoms with E-state index in [4.69, 9.17) is 0 Å². The van der Waals surface area contributed by atoms with Gasteiger partial charge in [0.15, 0.2) is 0 Å². The fourth-order valence-corrected chi connectivity index (χ4v) is 0.295. The number of hydrogen-bond acceptors (Lipinski definition) is 4. The van der Waals surface area contributed by atoms with Crippen LogP contribution in [0.25, 0.3) is 0 Å². The minimum absolute atomic E-state index is 0.750. The van der Waals surface area contributed by atoms with E-state index in [0.717, 1.165) is 17.2 Å². The van der Waals surface area contributed by atoms with Crippen molar-refractivity contribution in [3.8, 4) is 0 Å². The summed E-state index contributed by atoms with van der Waals surface area (Å²) in [5, 5.41) is 16.3. The molecule has 0 aliphatic heterocycles. The lowest BCUT2D eigenvalue weighted by molar-refractivity contribution is -0.250. The van der Waals surface area contributed by atoms with Crippen LogP contribution >= 0.6 is 0 Å². The maximum absolute atomic E-state index is 9.83. The molecule has 8 heavy (non-hydrogen) atoms. The van der Waals surface area contributed by atoms with Gasteiger partial charge in [0.05, 0.1) is 0 Å². The van der Waals surface area contributed by atoms with Gasteiger partial charge in [0.1, 0.15) is 18.7 Å². The number of rotatable bonds is 0. The van der Waals surface area contributed by atoms with E-state index >= 15 is 0 Å². The molecule has 1 aromatic heterocycles. The summed E-state index contributed by atoms with van der Waals surface area (Å²) in [5.41, 5.74) is 0. The Labute approximate surface area is 44.6 Å². The van der Waals surface area contributed by atoms with Crippen molar-refractivity contribution in [3.63, 3.8) is 0 Å². The normalized spacial score (nSPS) is 9.00. The molecule has 0 amide bonds. The van der Waals surface area contributed by atoms with E-state index in [1.807, 2.05) is 0 Å². The third-order valence-corrected chi connectivity index (χ3v) is 0.630. The van der Waals surface area contributed by atoms with Crippen LogP contribution in [0.1, 0.15) is 0 Å². The molecule has 5 heteroatoms. The molecule has 0 fully saturated rings. The average molecular weight is 112 g/mol. The van der Waals surface area contributed by atoms with Crippen molar-refractivity contribution in [2.75, 3.05) is 0 Å². The molecule has 0 radical (unpaired) electrons.